The zero-order chi connectivity index (χ0) is 17.8. The van der Waals surface area contributed by atoms with Gasteiger partial charge in [-0.2, -0.15) is 5.10 Å². The maximum absolute atomic E-state index is 6.09. The number of nitrogens with zero attached hydrogens (tertiary/aromatic N) is 3. The summed E-state index contributed by atoms with van der Waals surface area (Å²) in [6.07, 6.45) is 7.63. The summed E-state index contributed by atoms with van der Waals surface area (Å²) in [6.45, 7) is 0.726. The van der Waals surface area contributed by atoms with Gasteiger partial charge in [-0.3, -0.25) is 5.10 Å². The lowest BCUT2D eigenvalue weighted by Gasteiger charge is -2.15. The van der Waals surface area contributed by atoms with Crippen LogP contribution in [0, 0.1) is 0 Å². The molecule has 1 aliphatic carbocycles. The van der Waals surface area contributed by atoms with E-state index in [1.165, 1.54) is 5.56 Å². The number of H-pyrrole nitrogens is 1. The maximum atomic E-state index is 6.09. The smallest absolute Gasteiger partial charge is 0.160 e. The van der Waals surface area contributed by atoms with Crippen LogP contribution in [0.5, 0.6) is 5.75 Å². The topological polar surface area (TPSA) is 85.0 Å². The van der Waals surface area contributed by atoms with E-state index in [4.69, 9.17) is 9.47 Å². The standard InChI is InChI=1S/C19H23N5O2/c1-25-15-4-2-3-13(9-15)7-8-26-16-6-5-14(10-16)23-18-17-11-22-24-19(17)21-12-20-18/h2-4,9,11-12,14,16H,5-8,10H2,1H3,(H2,20,21,22,23,24)/t14-,16-/m0/s1. The van der Waals surface area contributed by atoms with Crippen LogP contribution < -0.4 is 10.1 Å². The van der Waals surface area contributed by atoms with Gasteiger partial charge in [0.1, 0.15) is 17.9 Å². The Morgan fingerprint density at radius 3 is 3.15 bits per heavy atom. The van der Waals surface area contributed by atoms with Gasteiger partial charge in [0.05, 0.1) is 31.4 Å². The van der Waals surface area contributed by atoms with E-state index in [1.807, 2.05) is 12.1 Å². The van der Waals surface area contributed by atoms with Crippen molar-refractivity contribution >= 4 is 16.9 Å². The molecule has 0 radical (unpaired) electrons. The van der Waals surface area contributed by atoms with Crippen LogP contribution in [-0.2, 0) is 11.2 Å². The van der Waals surface area contributed by atoms with Gasteiger partial charge in [-0.15, -0.1) is 0 Å². The molecule has 0 unspecified atom stereocenters. The highest BCUT2D eigenvalue weighted by molar-refractivity contribution is 5.85. The molecular formula is C19H23N5O2. The van der Waals surface area contributed by atoms with Gasteiger partial charge < -0.3 is 14.8 Å². The van der Waals surface area contributed by atoms with E-state index >= 15 is 0 Å². The molecule has 26 heavy (non-hydrogen) atoms. The number of aromatic nitrogens is 4. The fourth-order valence-corrected chi connectivity index (χ4v) is 3.47. The minimum Gasteiger partial charge on any atom is -0.497 e. The first-order valence-electron chi connectivity index (χ1n) is 8.97. The van der Waals surface area contributed by atoms with Gasteiger partial charge >= 0.3 is 0 Å². The molecule has 4 rings (SSSR count). The molecule has 2 aromatic heterocycles. The van der Waals surface area contributed by atoms with Crippen LogP contribution in [-0.4, -0.2) is 46.0 Å². The Morgan fingerprint density at radius 2 is 2.23 bits per heavy atom. The first-order valence-corrected chi connectivity index (χ1v) is 8.97. The molecular weight excluding hydrogens is 330 g/mol. The van der Waals surface area contributed by atoms with Gasteiger partial charge in [0.15, 0.2) is 5.65 Å². The van der Waals surface area contributed by atoms with Crippen molar-refractivity contribution in [1.29, 1.82) is 0 Å². The lowest BCUT2D eigenvalue weighted by molar-refractivity contribution is 0.0601. The molecule has 136 valence electrons. The van der Waals surface area contributed by atoms with E-state index < -0.39 is 0 Å². The van der Waals surface area contributed by atoms with E-state index in [0.29, 0.717) is 12.1 Å². The third kappa shape index (κ3) is 3.77. The van der Waals surface area contributed by atoms with Gasteiger partial charge in [-0.05, 0) is 43.4 Å². The lowest BCUT2D eigenvalue weighted by Crippen LogP contribution is -2.19. The van der Waals surface area contributed by atoms with Crippen LogP contribution in [0.3, 0.4) is 0 Å². The van der Waals surface area contributed by atoms with Gasteiger partial charge in [0.25, 0.3) is 0 Å². The first kappa shape index (κ1) is 16.8. The molecule has 7 heteroatoms. The molecule has 2 N–H and O–H groups in total. The van der Waals surface area contributed by atoms with Crippen LogP contribution >= 0.6 is 0 Å². The fourth-order valence-electron chi connectivity index (χ4n) is 3.47. The van der Waals surface area contributed by atoms with Gasteiger partial charge in [-0.25, -0.2) is 9.97 Å². The van der Waals surface area contributed by atoms with Crippen molar-refractivity contribution in [3.63, 3.8) is 0 Å². The van der Waals surface area contributed by atoms with Crippen molar-refractivity contribution in [3.05, 3.63) is 42.4 Å². The first-order chi connectivity index (χ1) is 12.8. The molecule has 0 amide bonds. The number of anilines is 1. The molecule has 7 nitrogen and oxygen atoms in total. The number of hydrogen-bond donors (Lipinski definition) is 2. The van der Waals surface area contributed by atoms with Crippen molar-refractivity contribution in [1.82, 2.24) is 20.2 Å². The Kier molecular flexibility index (Phi) is 4.97. The van der Waals surface area contributed by atoms with Crippen LogP contribution in [0.25, 0.3) is 11.0 Å². The minimum absolute atomic E-state index is 0.291. The highest BCUT2D eigenvalue weighted by Gasteiger charge is 2.26. The van der Waals surface area contributed by atoms with Crippen molar-refractivity contribution in [2.45, 2.75) is 37.8 Å². The zero-order valence-corrected chi connectivity index (χ0v) is 14.8. The van der Waals surface area contributed by atoms with Crippen molar-refractivity contribution < 1.29 is 9.47 Å². The summed E-state index contributed by atoms with van der Waals surface area (Å²) in [5.74, 6) is 1.73. The summed E-state index contributed by atoms with van der Waals surface area (Å²) in [5, 5.41) is 11.3. The summed E-state index contributed by atoms with van der Waals surface area (Å²) in [5.41, 5.74) is 1.99. The molecule has 1 saturated carbocycles. The van der Waals surface area contributed by atoms with Crippen LogP contribution in [0.4, 0.5) is 5.82 Å². The third-order valence-electron chi connectivity index (χ3n) is 4.85. The number of fused-ring (bicyclic) bond motifs is 1. The number of hydrogen-bond acceptors (Lipinski definition) is 6. The Hall–Kier alpha value is -2.67. The summed E-state index contributed by atoms with van der Waals surface area (Å²) >= 11 is 0. The number of ether oxygens (including phenoxy) is 2. The van der Waals surface area contributed by atoms with Crippen molar-refractivity contribution in [2.24, 2.45) is 0 Å². The van der Waals surface area contributed by atoms with Gasteiger partial charge in [0, 0.05) is 6.04 Å². The number of benzene rings is 1. The number of nitrogens with one attached hydrogen (secondary N) is 2. The van der Waals surface area contributed by atoms with Crippen LogP contribution in [0.2, 0.25) is 0 Å². The van der Waals surface area contributed by atoms with E-state index in [9.17, 15) is 0 Å². The number of methoxy groups -OCH3 is 1. The highest BCUT2D eigenvalue weighted by atomic mass is 16.5. The third-order valence-corrected chi connectivity index (χ3v) is 4.85. The summed E-state index contributed by atoms with van der Waals surface area (Å²) in [7, 11) is 1.69. The normalized spacial score (nSPS) is 19.7. The summed E-state index contributed by atoms with van der Waals surface area (Å²) < 4.78 is 11.4. The Morgan fingerprint density at radius 1 is 1.27 bits per heavy atom. The number of aromatic amines is 1. The van der Waals surface area contributed by atoms with Crippen LogP contribution in [0.1, 0.15) is 24.8 Å². The predicted octanol–water partition coefficient (Wildman–Crippen LogP) is 2.95. The van der Waals surface area contributed by atoms with Crippen molar-refractivity contribution in [2.75, 3.05) is 19.0 Å². The highest BCUT2D eigenvalue weighted by Crippen LogP contribution is 2.27. The molecule has 2 atom stereocenters. The van der Waals surface area contributed by atoms with E-state index in [-0.39, 0.29) is 0 Å². The fraction of sp³-hybridized carbons (Fsp3) is 0.421. The summed E-state index contributed by atoms with van der Waals surface area (Å²) in [6, 6.07) is 8.51. The second kappa shape index (κ2) is 7.70. The predicted molar refractivity (Wildman–Crippen MR) is 99.4 cm³/mol. The largest absolute Gasteiger partial charge is 0.497 e. The molecule has 0 bridgehead atoms. The van der Waals surface area contributed by atoms with Gasteiger partial charge in [-0.1, -0.05) is 12.1 Å². The van der Waals surface area contributed by atoms with E-state index in [0.717, 1.165) is 54.9 Å². The molecule has 3 aromatic rings. The average Bonchev–Trinajstić information content (AvgIpc) is 3.32. The molecule has 1 aromatic carbocycles. The molecule has 1 fully saturated rings. The molecule has 0 saturated heterocycles. The molecule has 2 heterocycles. The van der Waals surface area contributed by atoms with E-state index in [1.54, 1.807) is 19.6 Å². The second-order valence-corrected chi connectivity index (χ2v) is 6.60. The molecule has 1 aliphatic rings. The zero-order valence-electron chi connectivity index (χ0n) is 14.8. The SMILES string of the molecule is COc1cccc(CCO[C@H]2CC[C@H](Nc3ncnc4[nH]ncc34)C2)c1. The second-order valence-electron chi connectivity index (χ2n) is 6.60. The minimum atomic E-state index is 0.291. The quantitative estimate of drug-likeness (QED) is 0.679. The summed E-state index contributed by atoms with van der Waals surface area (Å²) in [4.78, 5) is 8.52. The van der Waals surface area contributed by atoms with Crippen LogP contribution in [0.15, 0.2) is 36.8 Å². The van der Waals surface area contributed by atoms with E-state index in [2.05, 4.69) is 37.6 Å². The average molecular weight is 353 g/mol. The van der Waals surface area contributed by atoms with Gasteiger partial charge in [0.2, 0.25) is 0 Å². The number of rotatable bonds is 7. The Bertz CT molecular complexity index is 866. The Labute approximate surface area is 152 Å². The molecule has 0 spiro atoms. The maximum Gasteiger partial charge on any atom is 0.160 e. The molecule has 0 aliphatic heterocycles. The van der Waals surface area contributed by atoms with Crippen molar-refractivity contribution in [3.8, 4) is 5.75 Å². The lowest BCUT2D eigenvalue weighted by atomic mass is 10.1. The Balaban J connectivity index is 1.27. The monoisotopic (exact) mass is 353 g/mol.